The molecular formula is C16H15FN2O5S2. The molecule has 3 rings (SSSR count). The van der Waals surface area contributed by atoms with Crippen molar-refractivity contribution in [3.63, 3.8) is 0 Å². The third-order valence-electron chi connectivity index (χ3n) is 3.80. The SMILES string of the molecule is CCOC(=O)c1c(NC(=O)c2ccnc(F)c2)sc2c1CCS(=O)(=O)C2. The second-order valence-corrected chi connectivity index (χ2v) is 8.88. The minimum atomic E-state index is -3.24. The molecule has 0 atom stereocenters. The summed E-state index contributed by atoms with van der Waals surface area (Å²) in [7, 11) is -3.24. The first-order valence-electron chi connectivity index (χ1n) is 7.75. The Balaban J connectivity index is 1.99. The summed E-state index contributed by atoms with van der Waals surface area (Å²) < 4.78 is 42.0. The van der Waals surface area contributed by atoms with Gasteiger partial charge in [-0.05, 0) is 25.0 Å². The number of thiophene rings is 1. The first kappa shape index (κ1) is 18.5. The Kier molecular flexibility index (Phi) is 5.05. The van der Waals surface area contributed by atoms with Crippen LogP contribution in [0.1, 0.15) is 38.1 Å². The van der Waals surface area contributed by atoms with Crippen molar-refractivity contribution < 1.29 is 27.1 Å². The number of ether oxygens (including phenoxy) is 1. The monoisotopic (exact) mass is 398 g/mol. The molecular weight excluding hydrogens is 383 g/mol. The van der Waals surface area contributed by atoms with E-state index in [0.717, 1.165) is 23.6 Å². The summed E-state index contributed by atoms with van der Waals surface area (Å²) in [5.41, 5.74) is 0.787. The Bertz CT molecular complexity index is 985. The van der Waals surface area contributed by atoms with Gasteiger partial charge in [0.05, 0.1) is 23.7 Å². The average Bonchev–Trinajstić information content (AvgIpc) is 2.90. The maximum atomic E-state index is 13.2. The van der Waals surface area contributed by atoms with Crippen LogP contribution in [0, 0.1) is 5.95 Å². The molecule has 3 heterocycles. The van der Waals surface area contributed by atoms with Crippen LogP contribution in [0.5, 0.6) is 0 Å². The number of carbonyl (C=O) groups is 2. The van der Waals surface area contributed by atoms with E-state index < -0.39 is 27.7 Å². The highest BCUT2D eigenvalue weighted by molar-refractivity contribution is 7.90. The molecule has 0 radical (unpaired) electrons. The van der Waals surface area contributed by atoms with Crippen molar-refractivity contribution in [2.75, 3.05) is 17.7 Å². The third kappa shape index (κ3) is 3.75. The van der Waals surface area contributed by atoms with Crippen molar-refractivity contribution in [2.45, 2.75) is 19.1 Å². The fraction of sp³-hybridized carbons (Fsp3) is 0.312. The number of esters is 1. The molecule has 1 N–H and O–H groups in total. The van der Waals surface area contributed by atoms with Gasteiger partial charge in [-0.1, -0.05) is 0 Å². The lowest BCUT2D eigenvalue weighted by molar-refractivity contribution is 0.0527. The molecule has 7 nitrogen and oxygen atoms in total. The van der Waals surface area contributed by atoms with Crippen LogP contribution in [-0.2, 0) is 26.7 Å². The van der Waals surface area contributed by atoms with Crippen LogP contribution in [-0.4, -0.2) is 37.6 Å². The van der Waals surface area contributed by atoms with E-state index in [1.165, 1.54) is 6.07 Å². The quantitative estimate of drug-likeness (QED) is 0.626. The zero-order chi connectivity index (χ0) is 18.9. The summed E-state index contributed by atoms with van der Waals surface area (Å²) >= 11 is 1.02. The summed E-state index contributed by atoms with van der Waals surface area (Å²) in [6, 6.07) is 2.30. The van der Waals surface area contributed by atoms with Gasteiger partial charge in [-0.15, -0.1) is 11.3 Å². The van der Waals surface area contributed by atoms with E-state index in [2.05, 4.69) is 10.3 Å². The van der Waals surface area contributed by atoms with Crippen LogP contribution in [0.15, 0.2) is 18.3 Å². The van der Waals surface area contributed by atoms with Gasteiger partial charge in [0.15, 0.2) is 9.84 Å². The number of anilines is 1. The second-order valence-electron chi connectivity index (χ2n) is 5.59. The molecule has 0 saturated heterocycles. The van der Waals surface area contributed by atoms with Crippen LogP contribution in [0.25, 0.3) is 0 Å². The summed E-state index contributed by atoms with van der Waals surface area (Å²) in [6.07, 6.45) is 1.34. The van der Waals surface area contributed by atoms with Gasteiger partial charge in [-0.2, -0.15) is 4.39 Å². The number of aromatic nitrogens is 1. The number of sulfone groups is 1. The first-order valence-corrected chi connectivity index (χ1v) is 10.4. The Morgan fingerprint density at radius 3 is 2.88 bits per heavy atom. The van der Waals surface area contributed by atoms with Crippen LogP contribution >= 0.6 is 11.3 Å². The van der Waals surface area contributed by atoms with Gasteiger partial charge < -0.3 is 10.1 Å². The molecule has 10 heteroatoms. The van der Waals surface area contributed by atoms with E-state index in [9.17, 15) is 22.4 Å². The molecule has 0 aromatic carbocycles. The molecule has 0 bridgehead atoms. The summed E-state index contributed by atoms with van der Waals surface area (Å²) in [4.78, 5) is 28.6. The van der Waals surface area contributed by atoms with Gasteiger partial charge in [-0.25, -0.2) is 18.2 Å². The van der Waals surface area contributed by atoms with E-state index in [-0.39, 0.29) is 40.7 Å². The van der Waals surface area contributed by atoms with Crippen molar-refractivity contribution in [1.82, 2.24) is 4.98 Å². The van der Waals surface area contributed by atoms with E-state index in [1.807, 2.05) is 0 Å². The van der Waals surface area contributed by atoms with E-state index in [0.29, 0.717) is 10.4 Å². The number of carbonyl (C=O) groups excluding carboxylic acids is 2. The largest absolute Gasteiger partial charge is 0.462 e. The van der Waals surface area contributed by atoms with Crippen molar-refractivity contribution >= 4 is 38.1 Å². The molecule has 2 aromatic heterocycles. The normalized spacial score (nSPS) is 15.2. The number of hydrogen-bond donors (Lipinski definition) is 1. The molecule has 0 unspecified atom stereocenters. The van der Waals surface area contributed by atoms with E-state index in [4.69, 9.17) is 4.74 Å². The van der Waals surface area contributed by atoms with Gasteiger partial charge in [-0.3, -0.25) is 4.79 Å². The van der Waals surface area contributed by atoms with Crippen LogP contribution in [0.2, 0.25) is 0 Å². The van der Waals surface area contributed by atoms with Gasteiger partial charge in [0.1, 0.15) is 5.00 Å². The number of hydrogen-bond acceptors (Lipinski definition) is 7. The van der Waals surface area contributed by atoms with Crippen LogP contribution < -0.4 is 5.32 Å². The van der Waals surface area contributed by atoms with Crippen LogP contribution in [0.3, 0.4) is 0 Å². The number of halogens is 1. The molecule has 0 aliphatic carbocycles. The number of nitrogens with one attached hydrogen (secondary N) is 1. The maximum absolute atomic E-state index is 13.2. The lowest BCUT2D eigenvalue weighted by Gasteiger charge is -2.13. The van der Waals surface area contributed by atoms with E-state index >= 15 is 0 Å². The third-order valence-corrected chi connectivity index (χ3v) is 6.68. The second kappa shape index (κ2) is 7.12. The number of rotatable bonds is 4. The molecule has 1 aliphatic heterocycles. The minimum absolute atomic E-state index is 0.0336. The van der Waals surface area contributed by atoms with Crippen molar-refractivity contribution in [3.8, 4) is 0 Å². The first-order chi connectivity index (χ1) is 12.3. The van der Waals surface area contributed by atoms with E-state index in [1.54, 1.807) is 6.92 Å². The molecule has 0 fully saturated rings. The van der Waals surface area contributed by atoms with Crippen molar-refractivity contribution in [1.29, 1.82) is 0 Å². The zero-order valence-corrected chi connectivity index (χ0v) is 15.4. The number of pyridine rings is 1. The lowest BCUT2D eigenvalue weighted by Crippen LogP contribution is -2.20. The minimum Gasteiger partial charge on any atom is -0.462 e. The molecule has 26 heavy (non-hydrogen) atoms. The Morgan fingerprint density at radius 1 is 1.42 bits per heavy atom. The van der Waals surface area contributed by atoms with Crippen molar-refractivity contribution in [3.05, 3.63) is 45.8 Å². The Morgan fingerprint density at radius 2 is 2.19 bits per heavy atom. The molecule has 2 aromatic rings. The molecule has 0 saturated carbocycles. The molecule has 0 spiro atoms. The maximum Gasteiger partial charge on any atom is 0.341 e. The van der Waals surface area contributed by atoms with Gasteiger partial charge in [0.25, 0.3) is 5.91 Å². The fourth-order valence-electron chi connectivity index (χ4n) is 2.65. The Labute approximate surface area is 153 Å². The summed E-state index contributed by atoms with van der Waals surface area (Å²) in [5, 5.41) is 2.77. The molecule has 1 aliphatic rings. The zero-order valence-electron chi connectivity index (χ0n) is 13.7. The highest BCUT2D eigenvalue weighted by Crippen LogP contribution is 2.38. The molecule has 1 amide bonds. The number of nitrogens with zero attached hydrogens (tertiary/aromatic N) is 1. The van der Waals surface area contributed by atoms with Crippen LogP contribution in [0.4, 0.5) is 9.39 Å². The predicted octanol–water partition coefficient (Wildman–Crippen LogP) is 2.18. The highest BCUT2D eigenvalue weighted by Gasteiger charge is 2.32. The van der Waals surface area contributed by atoms with Gasteiger partial charge in [0.2, 0.25) is 5.95 Å². The average molecular weight is 398 g/mol. The van der Waals surface area contributed by atoms with Gasteiger partial charge in [0, 0.05) is 22.7 Å². The smallest absolute Gasteiger partial charge is 0.341 e. The van der Waals surface area contributed by atoms with Crippen molar-refractivity contribution in [2.24, 2.45) is 0 Å². The fourth-order valence-corrected chi connectivity index (χ4v) is 5.68. The highest BCUT2D eigenvalue weighted by atomic mass is 32.2. The molecule has 138 valence electrons. The number of fused-ring (bicyclic) bond motifs is 1. The number of amides is 1. The van der Waals surface area contributed by atoms with Gasteiger partial charge >= 0.3 is 5.97 Å². The predicted molar refractivity (Wildman–Crippen MR) is 93.6 cm³/mol. The summed E-state index contributed by atoms with van der Waals surface area (Å²) in [6.45, 7) is 1.80. The summed E-state index contributed by atoms with van der Waals surface area (Å²) in [5.74, 6) is -2.30. The standard InChI is InChI=1S/C16H15FN2O5S2/c1-2-24-16(21)13-10-4-6-26(22,23)8-11(10)25-15(13)19-14(20)9-3-5-18-12(17)7-9/h3,5,7H,2,4,6,8H2,1H3,(H,19,20). The lowest BCUT2D eigenvalue weighted by atomic mass is 10.1. The Hall–Kier alpha value is -2.33. The topological polar surface area (TPSA) is 102 Å².